The van der Waals surface area contributed by atoms with E-state index < -0.39 is 0 Å². The summed E-state index contributed by atoms with van der Waals surface area (Å²) in [5.41, 5.74) is 1.87. The number of carbonyl (C=O) groups excluding carboxylic acids is 1. The van der Waals surface area contributed by atoms with Crippen LogP contribution in [0.5, 0.6) is 0 Å². The first kappa shape index (κ1) is 19.4. The van der Waals surface area contributed by atoms with E-state index in [0.29, 0.717) is 35.3 Å². The number of aromatic nitrogens is 3. The molecule has 0 radical (unpaired) electrons. The third kappa shape index (κ3) is 3.82. The van der Waals surface area contributed by atoms with Crippen LogP contribution in [0.25, 0.3) is 11.5 Å². The van der Waals surface area contributed by atoms with Crippen molar-refractivity contribution < 1.29 is 9.18 Å². The fourth-order valence-corrected chi connectivity index (χ4v) is 4.10. The van der Waals surface area contributed by atoms with Gasteiger partial charge in [-0.1, -0.05) is 6.92 Å². The minimum atomic E-state index is -0.310. The fraction of sp³-hybridized carbons (Fsp3) is 0.364. The molecule has 3 heterocycles. The monoisotopic (exact) mass is 395 g/mol. The summed E-state index contributed by atoms with van der Waals surface area (Å²) in [5.74, 6) is 0.202. The summed E-state index contributed by atoms with van der Waals surface area (Å²) in [7, 11) is 0. The van der Waals surface area contributed by atoms with E-state index in [1.54, 1.807) is 16.8 Å². The second kappa shape index (κ2) is 8.21. The Balaban J connectivity index is 1.67. The SMILES string of the molecule is CCN1CCC[C@H]1CNC(=O)c1c(C)nn(-c2ccc(F)cc2)c1-n1cccc1. The van der Waals surface area contributed by atoms with Gasteiger partial charge in [-0.15, -0.1) is 0 Å². The highest BCUT2D eigenvalue weighted by Crippen LogP contribution is 2.24. The van der Waals surface area contributed by atoms with Gasteiger partial charge in [-0.25, -0.2) is 9.07 Å². The number of amides is 1. The molecule has 29 heavy (non-hydrogen) atoms. The van der Waals surface area contributed by atoms with Gasteiger partial charge in [-0.05, 0) is 69.3 Å². The van der Waals surface area contributed by atoms with Gasteiger partial charge >= 0.3 is 0 Å². The maximum atomic E-state index is 13.4. The zero-order chi connectivity index (χ0) is 20.4. The second-order valence-corrected chi connectivity index (χ2v) is 7.40. The minimum absolute atomic E-state index is 0.137. The van der Waals surface area contributed by atoms with Crippen molar-refractivity contribution in [1.82, 2.24) is 24.6 Å². The zero-order valence-corrected chi connectivity index (χ0v) is 16.8. The van der Waals surface area contributed by atoms with Gasteiger partial charge in [-0.2, -0.15) is 5.10 Å². The van der Waals surface area contributed by atoms with Gasteiger partial charge in [0.15, 0.2) is 5.82 Å². The van der Waals surface area contributed by atoms with E-state index in [2.05, 4.69) is 22.2 Å². The van der Waals surface area contributed by atoms with E-state index in [-0.39, 0.29) is 11.7 Å². The molecule has 152 valence electrons. The van der Waals surface area contributed by atoms with Crippen LogP contribution >= 0.6 is 0 Å². The lowest BCUT2D eigenvalue weighted by Crippen LogP contribution is -2.40. The van der Waals surface area contributed by atoms with Crippen LogP contribution in [0.1, 0.15) is 35.8 Å². The molecular formula is C22H26FN5O. The van der Waals surface area contributed by atoms with Crippen LogP contribution in [0.3, 0.4) is 0 Å². The number of hydrogen-bond acceptors (Lipinski definition) is 3. The van der Waals surface area contributed by atoms with Crippen molar-refractivity contribution in [3.8, 4) is 11.5 Å². The van der Waals surface area contributed by atoms with Crippen molar-refractivity contribution in [2.45, 2.75) is 32.7 Å². The summed E-state index contributed by atoms with van der Waals surface area (Å²) in [4.78, 5) is 15.6. The molecule has 0 aliphatic carbocycles. The number of halogens is 1. The van der Waals surface area contributed by atoms with Crippen molar-refractivity contribution in [2.75, 3.05) is 19.6 Å². The average Bonchev–Trinajstić information content (AvgIpc) is 3.46. The van der Waals surface area contributed by atoms with E-state index in [9.17, 15) is 9.18 Å². The normalized spacial score (nSPS) is 17.0. The molecular weight excluding hydrogens is 369 g/mol. The predicted octanol–water partition coefficient (Wildman–Crippen LogP) is 3.32. The van der Waals surface area contributed by atoms with E-state index >= 15 is 0 Å². The predicted molar refractivity (Wildman–Crippen MR) is 110 cm³/mol. The van der Waals surface area contributed by atoms with Crippen molar-refractivity contribution >= 4 is 5.91 Å². The van der Waals surface area contributed by atoms with E-state index in [4.69, 9.17) is 0 Å². The summed E-state index contributed by atoms with van der Waals surface area (Å²) in [6.45, 7) is 6.69. The molecule has 0 spiro atoms. The minimum Gasteiger partial charge on any atom is -0.350 e. The molecule has 0 saturated carbocycles. The fourth-order valence-electron chi connectivity index (χ4n) is 4.10. The van der Waals surface area contributed by atoms with Crippen LogP contribution in [0.15, 0.2) is 48.8 Å². The lowest BCUT2D eigenvalue weighted by Gasteiger charge is -2.23. The van der Waals surface area contributed by atoms with Crippen LogP contribution in [0.2, 0.25) is 0 Å². The standard InChI is InChI=1S/C22H26FN5O/c1-3-26-14-6-7-19(26)15-24-21(29)20-16(2)25-28(18-10-8-17(23)9-11-18)22(20)27-12-4-5-13-27/h4-5,8-13,19H,3,6-7,14-15H2,1-2H3,(H,24,29)/t19-/m0/s1. The van der Waals surface area contributed by atoms with Crippen LogP contribution in [-0.4, -0.2) is 50.8 Å². The third-order valence-electron chi connectivity index (χ3n) is 5.59. The number of likely N-dealkylation sites (tertiary alicyclic amines) is 1. The van der Waals surface area contributed by atoms with Crippen molar-refractivity contribution in [2.24, 2.45) is 0 Å². The molecule has 0 unspecified atom stereocenters. The van der Waals surface area contributed by atoms with Crippen molar-refractivity contribution in [3.05, 3.63) is 65.9 Å². The Labute approximate surface area is 169 Å². The number of carbonyl (C=O) groups is 1. The topological polar surface area (TPSA) is 55.1 Å². The summed E-state index contributed by atoms with van der Waals surface area (Å²) in [6.07, 6.45) is 6.03. The Morgan fingerprint density at radius 2 is 1.97 bits per heavy atom. The maximum absolute atomic E-state index is 13.4. The average molecular weight is 395 g/mol. The van der Waals surface area contributed by atoms with Gasteiger partial charge in [0, 0.05) is 25.0 Å². The molecule has 7 heteroatoms. The molecule has 1 aliphatic rings. The zero-order valence-electron chi connectivity index (χ0n) is 16.8. The first-order valence-corrected chi connectivity index (χ1v) is 10.1. The smallest absolute Gasteiger partial charge is 0.257 e. The van der Waals surface area contributed by atoms with Crippen LogP contribution < -0.4 is 5.32 Å². The highest BCUT2D eigenvalue weighted by molar-refractivity contribution is 5.98. The molecule has 0 bridgehead atoms. The van der Waals surface area contributed by atoms with E-state index in [1.165, 1.54) is 18.6 Å². The molecule has 2 aromatic heterocycles. The lowest BCUT2D eigenvalue weighted by atomic mass is 10.2. The Morgan fingerprint density at radius 3 is 2.66 bits per heavy atom. The summed E-state index contributed by atoms with van der Waals surface area (Å²) in [6, 6.07) is 10.3. The van der Waals surface area contributed by atoms with Gasteiger partial charge in [0.25, 0.3) is 5.91 Å². The van der Waals surface area contributed by atoms with E-state index in [1.807, 2.05) is 36.0 Å². The molecule has 3 aromatic rings. The van der Waals surface area contributed by atoms with Gasteiger partial charge in [0.1, 0.15) is 11.4 Å². The summed E-state index contributed by atoms with van der Waals surface area (Å²) >= 11 is 0. The molecule has 1 atom stereocenters. The highest BCUT2D eigenvalue weighted by atomic mass is 19.1. The highest BCUT2D eigenvalue weighted by Gasteiger charge is 2.27. The van der Waals surface area contributed by atoms with Crippen LogP contribution in [-0.2, 0) is 0 Å². The number of nitrogens with one attached hydrogen (secondary N) is 1. The lowest BCUT2D eigenvalue weighted by molar-refractivity contribution is 0.0940. The number of nitrogens with zero attached hydrogens (tertiary/aromatic N) is 4. The Bertz CT molecular complexity index is 978. The Morgan fingerprint density at radius 1 is 1.24 bits per heavy atom. The molecule has 1 saturated heterocycles. The summed E-state index contributed by atoms with van der Waals surface area (Å²) in [5, 5.41) is 7.72. The first-order chi connectivity index (χ1) is 14.1. The quantitative estimate of drug-likeness (QED) is 0.697. The van der Waals surface area contributed by atoms with Crippen LogP contribution in [0, 0.1) is 12.7 Å². The van der Waals surface area contributed by atoms with Gasteiger partial charge in [-0.3, -0.25) is 9.69 Å². The second-order valence-electron chi connectivity index (χ2n) is 7.40. The number of hydrogen-bond donors (Lipinski definition) is 1. The number of benzene rings is 1. The molecule has 1 aromatic carbocycles. The number of rotatable bonds is 6. The first-order valence-electron chi connectivity index (χ1n) is 10.1. The number of likely N-dealkylation sites (N-methyl/N-ethyl adjacent to an activating group) is 1. The Kier molecular flexibility index (Phi) is 5.49. The van der Waals surface area contributed by atoms with Crippen molar-refractivity contribution in [1.29, 1.82) is 0 Å². The van der Waals surface area contributed by atoms with Gasteiger partial charge < -0.3 is 9.88 Å². The largest absolute Gasteiger partial charge is 0.350 e. The van der Waals surface area contributed by atoms with Crippen LogP contribution in [0.4, 0.5) is 4.39 Å². The summed E-state index contributed by atoms with van der Waals surface area (Å²) < 4.78 is 17.0. The number of aryl methyl sites for hydroxylation is 1. The molecule has 1 fully saturated rings. The van der Waals surface area contributed by atoms with E-state index in [0.717, 1.165) is 19.5 Å². The van der Waals surface area contributed by atoms with Gasteiger partial charge in [0.2, 0.25) is 0 Å². The molecule has 1 amide bonds. The van der Waals surface area contributed by atoms with Gasteiger partial charge in [0.05, 0.1) is 11.4 Å². The third-order valence-corrected chi connectivity index (χ3v) is 5.59. The molecule has 1 N–H and O–H groups in total. The molecule has 1 aliphatic heterocycles. The molecule has 6 nitrogen and oxygen atoms in total. The maximum Gasteiger partial charge on any atom is 0.257 e. The molecule has 4 rings (SSSR count). The Hall–Kier alpha value is -2.93. The van der Waals surface area contributed by atoms with Crippen molar-refractivity contribution in [3.63, 3.8) is 0 Å².